The molecule has 1 aliphatic heterocycles. The third-order valence-electron chi connectivity index (χ3n) is 9.08. The van der Waals surface area contributed by atoms with E-state index in [2.05, 4.69) is 30.1 Å². The second-order valence-corrected chi connectivity index (χ2v) is 13.0. The molecular weight excluding hydrogens is 595 g/mol. The van der Waals surface area contributed by atoms with Crippen LogP contribution in [-0.2, 0) is 16.1 Å². The first-order valence-electron chi connectivity index (χ1n) is 15.4. The summed E-state index contributed by atoms with van der Waals surface area (Å²) in [6.07, 6.45) is 2.65. The van der Waals surface area contributed by atoms with E-state index in [1.54, 1.807) is 20.3 Å². The lowest BCUT2D eigenvalue weighted by Crippen LogP contribution is -2.56. The van der Waals surface area contributed by atoms with E-state index < -0.39 is 11.3 Å². The molecule has 0 aliphatic carbocycles. The molecule has 1 N–H and O–H groups in total. The van der Waals surface area contributed by atoms with Crippen LogP contribution in [-0.4, -0.2) is 37.0 Å². The molecule has 4 atom stereocenters. The molecule has 3 aromatic carbocycles. The number of carbonyl (C=O) groups excluding carboxylic acids is 2. The van der Waals surface area contributed by atoms with Crippen molar-refractivity contribution < 1.29 is 19.1 Å². The van der Waals surface area contributed by atoms with E-state index in [0.29, 0.717) is 40.9 Å². The monoisotopic (exact) mass is 638 g/mol. The Kier molecular flexibility index (Phi) is 11.3. The molecule has 4 rings (SSSR count). The van der Waals surface area contributed by atoms with Gasteiger partial charge in [0, 0.05) is 51.5 Å². The maximum absolute atomic E-state index is 14.7. The summed E-state index contributed by atoms with van der Waals surface area (Å²) >= 11 is 12.8. The van der Waals surface area contributed by atoms with Gasteiger partial charge in [-0.1, -0.05) is 75.2 Å². The average molecular weight is 640 g/mol. The van der Waals surface area contributed by atoms with Crippen LogP contribution in [0.2, 0.25) is 10.0 Å². The van der Waals surface area contributed by atoms with Gasteiger partial charge in [0.05, 0.1) is 20.3 Å². The minimum atomic E-state index is -0.771. The first kappa shape index (κ1) is 33.7. The van der Waals surface area contributed by atoms with Crippen LogP contribution in [0.4, 0.5) is 0 Å². The minimum Gasteiger partial charge on any atom is -0.497 e. The number of halogens is 2. The standard InChI is InChI=1S/C36H44Cl2N2O4/c1-7-29(8-2)40-33(24-12-15-27(37)16-13-24)31(25-10-9-11-28(38)18-25)21-36(4,35(40)42)20-23(3)34(41)39-22-26-14-17-30(43-5)19-32(26)44-6/h9-19,23,29,31,33H,7-8,20-22H2,1-6H3,(H,39,41)/t23?,31-,33-,36+/m1/s1. The highest BCUT2D eigenvalue weighted by Gasteiger charge is 2.51. The molecule has 1 aliphatic rings. The van der Waals surface area contributed by atoms with Crippen molar-refractivity contribution in [1.29, 1.82) is 0 Å². The fourth-order valence-corrected chi connectivity index (χ4v) is 7.10. The van der Waals surface area contributed by atoms with Crippen LogP contribution >= 0.6 is 23.2 Å². The predicted molar refractivity (Wildman–Crippen MR) is 177 cm³/mol. The molecule has 0 aromatic heterocycles. The summed E-state index contributed by atoms with van der Waals surface area (Å²) in [5, 5.41) is 4.38. The maximum Gasteiger partial charge on any atom is 0.229 e. The number of carbonyl (C=O) groups is 2. The summed E-state index contributed by atoms with van der Waals surface area (Å²) in [6.45, 7) is 8.50. The summed E-state index contributed by atoms with van der Waals surface area (Å²) in [5.41, 5.74) is 2.20. The summed E-state index contributed by atoms with van der Waals surface area (Å²) in [5.74, 6) is 0.874. The number of rotatable bonds is 12. The molecule has 0 saturated carbocycles. The second kappa shape index (κ2) is 14.7. The maximum atomic E-state index is 14.7. The third-order valence-corrected chi connectivity index (χ3v) is 9.57. The van der Waals surface area contributed by atoms with Crippen LogP contribution in [0.15, 0.2) is 66.7 Å². The number of ether oxygens (including phenoxy) is 2. The number of amides is 2. The number of hydrogen-bond acceptors (Lipinski definition) is 4. The fraction of sp³-hybridized carbons (Fsp3) is 0.444. The molecule has 44 heavy (non-hydrogen) atoms. The van der Waals surface area contributed by atoms with E-state index in [-0.39, 0.29) is 29.8 Å². The zero-order valence-corrected chi connectivity index (χ0v) is 28.0. The minimum absolute atomic E-state index is 0.0306. The topological polar surface area (TPSA) is 67.9 Å². The van der Waals surface area contributed by atoms with Crippen molar-refractivity contribution in [2.75, 3.05) is 14.2 Å². The van der Waals surface area contributed by atoms with Gasteiger partial charge in [-0.3, -0.25) is 9.59 Å². The molecule has 236 valence electrons. The molecule has 0 bridgehead atoms. The highest BCUT2D eigenvalue weighted by atomic mass is 35.5. The first-order valence-corrected chi connectivity index (χ1v) is 16.1. The molecule has 3 aromatic rings. The molecule has 1 unspecified atom stereocenters. The van der Waals surface area contributed by atoms with Crippen LogP contribution in [0.25, 0.3) is 0 Å². The van der Waals surface area contributed by atoms with Crippen LogP contribution in [0.5, 0.6) is 11.5 Å². The summed E-state index contributed by atoms with van der Waals surface area (Å²) in [6, 6.07) is 21.1. The van der Waals surface area contributed by atoms with Crippen LogP contribution in [0.1, 0.15) is 82.0 Å². The lowest BCUT2D eigenvalue weighted by molar-refractivity contribution is -0.156. The summed E-state index contributed by atoms with van der Waals surface area (Å²) in [4.78, 5) is 30.3. The molecule has 1 fully saturated rings. The normalized spacial score (nSPS) is 20.8. The molecule has 1 saturated heterocycles. The molecule has 8 heteroatoms. The van der Waals surface area contributed by atoms with E-state index >= 15 is 0 Å². The van der Waals surface area contributed by atoms with Gasteiger partial charge in [0.1, 0.15) is 11.5 Å². The Morgan fingerprint density at radius 1 is 0.977 bits per heavy atom. The van der Waals surface area contributed by atoms with Gasteiger partial charge in [-0.25, -0.2) is 0 Å². The molecule has 0 radical (unpaired) electrons. The van der Waals surface area contributed by atoms with Crippen LogP contribution < -0.4 is 14.8 Å². The number of nitrogens with one attached hydrogen (secondary N) is 1. The van der Waals surface area contributed by atoms with Gasteiger partial charge >= 0.3 is 0 Å². The van der Waals surface area contributed by atoms with Gasteiger partial charge in [0.2, 0.25) is 11.8 Å². The largest absolute Gasteiger partial charge is 0.497 e. The van der Waals surface area contributed by atoms with Crippen molar-refractivity contribution in [3.63, 3.8) is 0 Å². The van der Waals surface area contributed by atoms with Crippen molar-refractivity contribution >= 4 is 35.0 Å². The van der Waals surface area contributed by atoms with E-state index in [1.807, 2.05) is 68.4 Å². The number of piperidine rings is 1. The first-order chi connectivity index (χ1) is 21.0. The van der Waals surface area contributed by atoms with Crippen molar-refractivity contribution in [1.82, 2.24) is 10.2 Å². The third kappa shape index (κ3) is 7.35. The summed E-state index contributed by atoms with van der Waals surface area (Å²) in [7, 11) is 3.20. The Bertz CT molecular complexity index is 1440. The quantitative estimate of drug-likeness (QED) is 0.216. The average Bonchev–Trinajstić information content (AvgIpc) is 3.02. The van der Waals surface area contributed by atoms with Crippen molar-refractivity contribution in [3.8, 4) is 11.5 Å². The number of nitrogens with zero attached hydrogens (tertiary/aromatic N) is 1. The van der Waals surface area contributed by atoms with Gasteiger partial charge in [0.15, 0.2) is 0 Å². The van der Waals surface area contributed by atoms with Crippen molar-refractivity contribution in [2.45, 2.75) is 77.9 Å². The molecule has 1 heterocycles. The van der Waals surface area contributed by atoms with E-state index in [1.165, 1.54) is 0 Å². The molecule has 6 nitrogen and oxygen atoms in total. The van der Waals surface area contributed by atoms with E-state index in [4.69, 9.17) is 32.7 Å². The lowest BCUT2D eigenvalue weighted by atomic mass is 9.65. The van der Waals surface area contributed by atoms with Crippen molar-refractivity contribution in [3.05, 3.63) is 93.5 Å². The van der Waals surface area contributed by atoms with Crippen LogP contribution in [0, 0.1) is 11.3 Å². The number of likely N-dealkylation sites (tertiary alicyclic amines) is 1. The predicted octanol–water partition coefficient (Wildman–Crippen LogP) is 8.61. The number of methoxy groups -OCH3 is 2. The van der Waals surface area contributed by atoms with Gasteiger partial charge in [-0.2, -0.15) is 0 Å². The van der Waals surface area contributed by atoms with E-state index in [0.717, 1.165) is 29.5 Å². The Morgan fingerprint density at radius 2 is 1.68 bits per heavy atom. The SMILES string of the molecule is CCC(CC)N1C(=O)[C@@](C)(CC(C)C(=O)NCc2ccc(OC)cc2OC)C[C@H](c2cccc(Cl)c2)[C@H]1c1ccc(Cl)cc1. The van der Waals surface area contributed by atoms with Crippen molar-refractivity contribution in [2.24, 2.45) is 11.3 Å². The number of hydrogen-bond donors (Lipinski definition) is 1. The summed E-state index contributed by atoms with van der Waals surface area (Å²) < 4.78 is 10.8. The van der Waals surface area contributed by atoms with Gasteiger partial charge in [-0.05, 0) is 73.2 Å². The van der Waals surface area contributed by atoms with Crippen LogP contribution in [0.3, 0.4) is 0 Å². The molecule has 0 spiro atoms. The molecule has 2 amide bonds. The Labute approximate surface area is 272 Å². The number of benzene rings is 3. The zero-order valence-electron chi connectivity index (χ0n) is 26.5. The Morgan fingerprint density at radius 3 is 2.30 bits per heavy atom. The van der Waals surface area contributed by atoms with Gasteiger partial charge in [-0.15, -0.1) is 0 Å². The Hall–Kier alpha value is -3.22. The Balaban J connectivity index is 1.66. The zero-order chi connectivity index (χ0) is 32.0. The highest BCUT2D eigenvalue weighted by Crippen LogP contribution is 2.53. The fourth-order valence-electron chi connectivity index (χ4n) is 6.78. The highest BCUT2D eigenvalue weighted by molar-refractivity contribution is 6.30. The second-order valence-electron chi connectivity index (χ2n) is 12.1. The van der Waals surface area contributed by atoms with Gasteiger partial charge in [0.25, 0.3) is 0 Å². The smallest absolute Gasteiger partial charge is 0.229 e. The van der Waals surface area contributed by atoms with E-state index in [9.17, 15) is 9.59 Å². The lowest BCUT2D eigenvalue weighted by Gasteiger charge is -2.52. The van der Waals surface area contributed by atoms with Gasteiger partial charge < -0.3 is 19.7 Å². The molecular formula is C36H44Cl2N2O4.